The number of aryl methyl sites for hydroxylation is 1. The summed E-state index contributed by atoms with van der Waals surface area (Å²) in [5.74, 6) is -0.215. The van der Waals surface area contributed by atoms with Crippen molar-refractivity contribution in [2.75, 3.05) is 0 Å². The van der Waals surface area contributed by atoms with E-state index < -0.39 is 5.97 Å². The van der Waals surface area contributed by atoms with E-state index in [9.17, 15) is 4.79 Å². The van der Waals surface area contributed by atoms with E-state index in [2.05, 4.69) is 25.3 Å². The van der Waals surface area contributed by atoms with Crippen LogP contribution in [-0.2, 0) is 0 Å². The minimum Gasteiger partial charge on any atom is -0.478 e. The Hall–Kier alpha value is -0.920. The number of halogens is 1. The third kappa shape index (κ3) is 3.27. The largest absolute Gasteiger partial charge is 0.478 e. The highest BCUT2D eigenvalue weighted by Crippen LogP contribution is 2.31. The van der Waals surface area contributed by atoms with Gasteiger partial charge in [0, 0.05) is 9.37 Å². The molecular weight excluding hydrogens is 324 g/mol. The number of carboxylic acids is 1. The van der Waals surface area contributed by atoms with E-state index in [1.165, 1.54) is 23.3 Å². The second kappa shape index (κ2) is 5.16. The molecule has 1 aromatic heterocycles. The molecule has 2 rings (SSSR count). The number of benzene rings is 1. The third-order valence-electron chi connectivity index (χ3n) is 1.83. The molecule has 1 N–H and O–H groups in total. The topological polar surface area (TPSA) is 63.1 Å². The first kappa shape index (κ1) is 12.5. The Morgan fingerprint density at radius 1 is 1.47 bits per heavy atom. The molecule has 1 aromatic carbocycles. The van der Waals surface area contributed by atoms with Gasteiger partial charge in [-0.1, -0.05) is 27.7 Å². The molecule has 1 heterocycles. The second-order valence-electron chi connectivity index (χ2n) is 3.19. The lowest BCUT2D eigenvalue weighted by Crippen LogP contribution is -1.95. The van der Waals surface area contributed by atoms with Crippen molar-refractivity contribution in [2.45, 2.75) is 16.2 Å². The molecule has 0 saturated carbocycles. The molecule has 0 aliphatic rings. The Balaban J connectivity index is 2.29. The normalized spacial score (nSPS) is 10.5. The van der Waals surface area contributed by atoms with Crippen LogP contribution < -0.4 is 0 Å². The summed E-state index contributed by atoms with van der Waals surface area (Å²) in [5, 5.41) is 8.95. The number of hydrogen-bond donors (Lipinski definition) is 1. The number of rotatable bonds is 3. The Morgan fingerprint density at radius 3 is 2.82 bits per heavy atom. The highest BCUT2D eigenvalue weighted by atomic mass is 79.9. The highest BCUT2D eigenvalue weighted by Gasteiger charge is 2.09. The van der Waals surface area contributed by atoms with Gasteiger partial charge in [0.1, 0.15) is 5.82 Å². The van der Waals surface area contributed by atoms with Crippen LogP contribution in [0.5, 0.6) is 0 Å². The van der Waals surface area contributed by atoms with Gasteiger partial charge in [0.15, 0.2) is 4.34 Å². The van der Waals surface area contributed by atoms with Crippen molar-refractivity contribution in [3.8, 4) is 0 Å². The Labute approximate surface area is 114 Å². The number of hydrogen-bond acceptors (Lipinski definition) is 5. The van der Waals surface area contributed by atoms with E-state index in [-0.39, 0.29) is 5.56 Å². The summed E-state index contributed by atoms with van der Waals surface area (Å²) in [6.45, 7) is 1.82. The van der Waals surface area contributed by atoms with Gasteiger partial charge in [-0.3, -0.25) is 0 Å². The van der Waals surface area contributed by atoms with E-state index >= 15 is 0 Å². The number of carbonyl (C=O) groups is 1. The second-order valence-corrected chi connectivity index (χ2v) is 6.18. The van der Waals surface area contributed by atoms with Crippen LogP contribution in [0.25, 0.3) is 0 Å². The van der Waals surface area contributed by atoms with Gasteiger partial charge >= 0.3 is 5.97 Å². The van der Waals surface area contributed by atoms with Crippen molar-refractivity contribution in [3.05, 3.63) is 34.1 Å². The molecular formula is C10H7BrN2O2S2. The average molecular weight is 331 g/mol. The zero-order valence-electron chi connectivity index (χ0n) is 8.68. The van der Waals surface area contributed by atoms with Gasteiger partial charge in [-0.15, -0.1) is 0 Å². The number of nitrogens with zero attached hydrogens (tertiary/aromatic N) is 2. The third-order valence-corrected chi connectivity index (χ3v) is 4.10. The first-order valence-electron chi connectivity index (χ1n) is 4.56. The van der Waals surface area contributed by atoms with Crippen molar-refractivity contribution >= 4 is 45.2 Å². The van der Waals surface area contributed by atoms with E-state index in [1.807, 2.05) is 13.0 Å². The maximum absolute atomic E-state index is 10.9. The number of aromatic carboxylic acids is 1. The molecule has 0 radical (unpaired) electrons. The predicted octanol–water partition coefficient (Wildman–Crippen LogP) is 3.46. The Morgan fingerprint density at radius 2 is 2.24 bits per heavy atom. The summed E-state index contributed by atoms with van der Waals surface area (Å²) >= 11 is 6.00. The predicted molar refractivity (Wildman–Crippen MR) is 69.9 cm³/mol. The molecule has 7 heteroatoms. The van der Waals surface area contributed by atoms with Gasteiger partial charge in [0.05, 0.1) is 5.56 Å². The van der Waals surface area contributed by atoms with Gasteiger partial charge < -0.3 is 5.11 Å². The van der Waals surface area contributed by atoms with E-state index in [0.717, 1.165) is 19.5 Å². The first-order valence-corrected chi connectivity index (χ1v) is 6.95. The summed E-state index contributed by atoms with van der Waals surface area (Å²) in [6, 6.07) is 5.04. The smallest absolute Gasteiger partial charge is 0.335 e. The van der Waals surface area contributed by atoms with E-state index in [0.29, 0.717) is 0 Å². The van der Waals surface area contributed by atoms with Crippen LogP contribution in [0.15, 0.2) is 31.9 Å². The fraction of sp³-hybridized carbons (Fsp3) is 0.100. The van der Waals surface area contributed by atoms with E-state index in [4.69, 9.17) is 5.11 Å². The SMILES string of the molecule is Cc1nsc(Sc2cc(Br)cc(C(=O)O)c2)n1. The lowest BCUT2D eigenvalue weighted by atomic mass is 10.2. The molecule has 0 unspecified atom stereocenters. The zero-order chi connectivity index (χ0) is 12.4. The van der Waals surface area contributed by atoms with E-state index in [1.54, 1.807) is 12.1 Å². The quantitative estimate of drug-likeness (QED) is 0.933. The van der Waals surface area contributed by atoms with Crippen LogP contribution in [0.2, 0.25) is 0 Å². The molecule has 4 nitrogen and oxygen atoms in total. The van der Waals surface area contributed by atoms with Gasteiger partial charge in [0.2, 0.25) is 0 Å². The minimum atomic E-state index is -0.943. The maximum Gasteiger partial charge on any atom is 0.335 e. The van der Waals surface area contributed by atoms with Crippen molar-refractivity contribution in [3.63, 3.8) is 0 Å². The van der Waals surface area contributed by atoms with Gasteiger partial charge in [-0.2, -0.15) is 4.37 Å². The van der Waals surface area contributed by atoms with Crippen LogP contribution in [-0.4, -0.2) is 20.4 Å². The van der Waals surface area contributed by atoms with Crippen molar-refractivity contribution in [1.29, 1.82) is 0 Å². The minimum absolute atomic E-state index is 0.253. The maximum atomic E-state index is 10.9. The summed E-state index contributed by atoms with van der Waals surface area (Å²) in [4.78, 5) is 16.0. The fourth-order valence-corrected chi connectivity index (χ4v) is 3.53. The van der Waals surface area contributed by atoms with Crippen LogP contribution in [0.3, 0.4) is 0 Å². The fourth-order valence-electron chi connectivity index (χ4n) is 1.17. The lowest BCUT2D eigenvalue weighted by molar-refractivity contribution is 0.0696. The summed E-state index contributed by atoms with van der Waals surface area (Å²) in [5.41, 5.74) is 0.253. The first-order chi connectivity index (χ1) is 8.04. The zero-order valence-corrected chi connectivity index (χ0v) is 11.9. The molecule has 0 atom stereocenters. The molecule has 0 aliphatic heterocycles. The molecule has 0 saturated heterocycles. The van der Waals surface area contributed by atoms with Gasteiger partial charge in [-0.05, 0) is 36.7 Å². The lowest BCUT2D eigenvalue weighted by Gasteiger charge is -2.01. The van der Waals surface area contributed by atoms with Crippen LogP contribution in [0.4, 0.5) is 0 Å². The summed E-state index contributed by atoms with van der Waals surface area (Å²) < 4.78 is 5.61. The van der Waals surface area contributed by atoms with Gasteiger partial charge in [-0.25, -0.2) is 9.78 Å². The van der Waals surface area contributed by atoms with Gasteiger partial charge in [0.25, 0.3) is 0 Å². The number of carboxylic acid groups (broad SMARTS) is 1. The molecule has 0 bridgehead atoms. The summed E-state index contributed by atoms with van der Waals surface area (Å²) in [7, 11) is 0. The Bertz CT molecular complexity index is 571. The molecule has 88 valence electrons. The molecule has 0 aliphatic carbocycles. The molecule has 0 spiro atoms. The monoisotopic (exact) mass is 330 g/mol. The average Bonchev–Trinajstić information content (AvgIpc) is 2.63. The van der Waals surface area contributed by atoms with Crippen molar-refractivity contribution in [2.24, 2.45) is 0 Å². The molecule has 17 heavy (non-hydrogen) atoms. The molecule has 0 fully saturated rings. The standard InChI is InChI=1S/C10H7BrN2O2S2/c1-5-12-10(17-13-5)16-8-3-6(9(14)15)2-7(11)4-8/h2-4H,1H3,(H,14,15). The van der Waals surface area contributed by atoms with Crippen LogP contribution >= 0.6 is 39.2 Å². The van der Waals surface area contributed by atoms with Crippen LogP contribution in [0.1, 0.15) is 16.2 Å². The van der Waals surface area contributed by atoms with Crippen molar-refractivity contribution in [1.82, 2.24) is 9.36 Å². The highest BCUT2D eigenvalue weighted by molar-refractivity contribution is 9.10. The van der Waals surface area contributed by atoms with Crippen LogP contribution in [0, 0.1) is 6.92 Å². The summed E-state index contributed by atoms with van der Waals surface area (Å²) in [6.07, 6.45) is 0. The Kier molecular flexibility index (Phi) is 3.80. The van der Waals surface area contributed by atoms with Crippen molar-refractivity contribution < 1.29 is 9.90 Å². The number of aromatic nitrogens is 2. The molecule has 0 amide bonds. The molecule has 2 aromatic rings.